The summed E-state index contributed by atoms with van der Waals surface area (Å²) in [7, 11) is 0. The number of hydrogen-bond acceptors (Lipinski definition) is 3. The molecule has 2 heterocycles. The molecule has 2 aromatic carbocycles. The van der Waals surface area contributed by atoms with Crippen molar-refractivity contribution in [2.75, 3.05) is 26.2 Å². The average Bonchev–Trinajstić information content (AvgIpc) is 2.83. The smallest absolute Gasteiger partial charge is 0.253 e. The predicted molar refractivity (Wildman–Crippen MR) is 142 cm³/mol. The monoisotopic (exact) mass is 515 g/mol. The van der Waals surface area contributed by atoms with Gasteiger partial charge in [0.05, 0.1) is 5.54 Å². The van der Waals surface area contributed by atoms with Crippen molar-refractivity contribution >= 4 is 35.0 Å². The van der Waals surface area contributed by atoms with E-state index in [0.29, 0.717) is 27.2 Å². The maximum absolute atomic E-state index is 13.1. The van der Waals surface area contributed by atoms with Crippen LogP contribution in [0.1, 0.15) is 72.7 Å². The molecule has 2 fully saturated rings. The van der Waals surface area contributed by atoms with E-state index >= 15 is 0 Å². The first-order valence-corrected chi connectivity index (χ1v) is 13.3. The molecule has 0 bridgehead atoms. The van der Waals surface area contributed by atoms with Crippen molar-refractivity contribution in [3.8, 4) is 0 Å². The molecule has 2 aliphatic heterocycles. The molecular formula is C28H35Cl2N3O2. The van der Waals surface area contributed by atoms with Gasteiger partial charge in [-0.3, -0.25) is 14.5 Å². The van der Waals surface area contributed by atoms with E-state index in [1.54, 1.807) is 42.5 Å². The van der Waals surface area contributed by atoms with E-state index in [1.165, 1.54) is 25.9 Å². The summed E-state index contributed by atoms with van der Waals surface area (Å²) in [6, 6.07) is 12.8. The summed E-state index contributed by atoms with van der Waals surface area (Å²) < 4.78 is 0. The minimum atomic E-state index is -0.670. The first-order valence-electron chi connectivity index (χ1n) is 12.5. The van der Waals surface area contributed by atoms with Gasteiger partial charge in [-0.2, -0.15) is 0 Å². The molecule has 2 aromatic rings. The van der Waals surface area contributed by atoms with E-state index in [9.17, 15) is 9.59 Å². The van der Waals surface area contributed by atoms with Crippen molar-refractivity contribution in [1.82, 2.24) is 15.1 Å². The van der Waals surface area contributed by atoms with E-state index in [-0.39, 0.29) is 11.8 Å². The van der Waals surface area contributed by atoms with E-state index in [1.807, 2.05) is 18.7 Å². The van der Waals surface area contributed by atoms with Crippen molar-refractivity contribution < 1.29 is 9.59 Å². The van der Waals surface area contributed by atoms with Crippen LogP contribution in [0.3, 0.4) is 0 Å². The summed E-state index contributed by atoms with van der Waals surface area (Å²) in [5.41, 5.74) is 1.27. The molecule has 1 N–H and O–H groups in total. The Morgan fingerprint density at radius 3 is 2.11 bits per heavy atom. The van der Waals surface area contributed by atoms with E-state index in [4.69, 9.17) is 23.2 Å². The SMILES string of the molecule is CC1CCCN(C2CCN(C(=O)c3ccc(C(=O)NC(C)(C)c4cc(Cl)cc(Cl)c4)cc3)CC2)C1. The number of nitrogens with zero attached hydrogens (tertiary/aromatic N) is 2. The van der Waals surface area contributed by atoms with Gasteiger partial charge in [0.2, 0.25) is 0 Å². The predicted octanol–water partition coefficient (Wildman–Crippen LogP) is 6.00. The lowest BCUT2D eigenvalue weighted by Crippen LogP contribution is -2.49. The lowest BCUT2D eigenvalue weighted by Gasteiger charge is -2.41. The van der Waals surface area contributed by atoms with Crippen molar-refractivity contribution in [3.05, 3.63) is 69.2 Å². The van der Waals surface area contributed by atoms with Crippen LogP contribution in [0.2, 0.25) is 10.0 Å². The molecule has 0 aromatic heterocycles. The minimum Gasteiger partial charge on any atom is -0.343 e. The Labute approximate surface area is 218 Å². The maximum Gasteiger partial charge on any atom is 0.253 e. The molecule has 2 amide bonds. The van der Waals surface area contributed by atoms with Crippen LogP contribution >= 0.6 is 23.2 Å². The van der Waals surface area contributed by atoms with Crippen LogP contribution in [0.4, 0.5) is 0 Å². The van der Waals surface area contributed by atoms with Gasteiger partial charge in [0.15, 0.2) is 0 Å². The van der Waals surface area contributed by atoms with Crippen LogP contribution in [-0.4, -0.2) is 53.8 Å². The lowest BCUT2D eigenvalue weighted by atomic mass is 9.93. The van der Waals surface area contributed by atoms with Crippen LogP contribution in [0.25, 0.3) is 0 Å². The molecular weight excluding hydrogens is 481 g/mol. The van der Waals surface area contributed by atoms with E-state index in [0.717, 1.165) is 37.4 Å². The van der Waals surface area contributed by atoms with Gasteiger partial charge in [-0.1, -0.05) is 30.1 Å². The molecule has 2 aliphatic rings. The number of piperidine rings is 2. The van der Waals surface area contributed by atoms with Crippen LogP contribution in [0, 0.1) is 5.92 Å². The Morgan fingerprint density at radius 1 is 0.914 bits per heavy atom. The van der Waals surface area contributed by atoms with Crippen LogP contribution in [-0.2, 0) is 5.54 Å². The maximum atomic E-state index is 13.1. The second kappa shape index (κ2) is 10.9. The quantitative estimate of drug-likeness (QED) is 0.531. The highest BCUT2D eigenvalue weighted by atomic mass is 35.5. The fraction of sp³-hybridized carbons (Fsp3) is 0.500. The highest BCUT2D eigenvalue weighted by Gasteiger charge is 2.30. The Kier molecular flexibility index (Phi) is 8.09. The molecule has 2 saturated heterocycles. The largest absolute Gasteiger partial charge is 0.343 e. The second-order valence-corrected chi connectivity index (χ2v) is 11.5. The number of likely N-dealkylation sites (tertiary alicyclic amines) is 2. The van der Waals surface area contributed by atoms with Crippen molar-refractivity contribution in [1.29, 1.82) is 0 Å². The first-order chi connectivity index (χ1) is 16.6. The van der Waals surface area contributed by atoms with E-state index < -0.39 is 5.54 Å². The molecule has 0 radical (unpaired) electrons. The van der Waals surface area contributed by atoms with Gasteiger partial charge < -0.3 is 10.2 Å². The molecule has 35 heavy (non-hydrogen) atoms. The third-order valence-electron chi connectivity index (χ3n) is 7.36. The fourth-order valence-corrected chi connectivity index (χ4v) is 5.81. The molecule has 1 atom stereocenters. The molecule has 0 saturated carbocycles. The fourth-order valence-electron chi connectivity index (χ4n) is 5.28. The summed E-state index contributed by atoms with van der Waals surface area (Å²) in [4.78, 5) is 30.6. The van der Waals surface area contributed by atoms with Crippen molar-refractivity contribution in [3.63, 3.8) is 0 Å². The number of rotatable bonds is 5. The Morgan fingerprint density at radius 2 is 1.51 bits per heavy atom. The van der Waals surface area contributed by atoms with Crippen LogP contribution in [0.5, 0.6) is 0 Å². The Balaban J connectivity index is 1.34. The standard InChI is InChI=1S/C28H35Cl2N3O2/c1-19-5-4-12-33(18-19)25-10-13-32(14-11-25)27(35)21-8-6-20(7-9-21)26(34)31-28(2,3)22-15-23(29)17-24(30)16-22/h6-9,15-17,19,25H,4-5,10-14,18H2,1-3H3,(H,31,34). The number of carbonyl (C=O) groups is 2. The Bertz CT molecular complexity index is 1040. The number of halogens is 2. The molecule has 0 aliphatic carbocycles. The third kappa shape index (κ3) is 6.38. The van der Waals surface area contributed by atoms with Crippen LogP contribution in [0.15, 0.2) is 42.5 Å². The Hall–Kier alpha value is -2.08. The summed E-state index contributed by atoms with van der Waals surface area (Å²) in [5, 5.41) is 4.08. The normalized spacial score (nSPS) is 20.0. The lowest BCUT2D eigenvalue weighted by molar-refractivity contribution is 0.0541. The summed E-state index contributed by atoms with van der Waals surface area (Å²) >= 11 is 12.3. The van der Waals surface area contributed by atoms with Gasteiger partial charge in [-0.05, 0) is 100 Å². The summed E-state index contributed by atoms with van der Waals surface area (Å²) in [6.07, 6.45) is 4.67. The molecule has 4 rings (SSSR count). The minimum absolute atomic E-state index is 0.0383. The van der Waals surface area contributed by atoms with Crippen LogP contribution < -0.4 is 5.32 Å². The molecule has 0 spiro atoms. The van der Waals surface area contributed by atoms with Gasteiger partial charge in [0, 0.05) is 46.8 Å². The van der Waals surface area contributed by atoms with Gasteiger partial charge in [0.1, 0.15) is 0 Å². The van der Waals surface area contributed by atoms with Gasteiger partial charge >= 0.3 is 0 Å². The van der Waals surface area contributed by atoms with Gasteiger partial charge in [-0.15, -0.1) is 0 Å². The zero-order chi connectivity index (χ0) is 25.2. The summed E-state index contributed by atoms with van der Waals surface area (Å²) in [5.74, 6) is 0.589. The van der Waals surface area contributed by atoms with Gasteiger partial charge in [-0.25, -0.2) is 0 Å². The van der Waals surface area contributed by atoms with Crippen molar-refractivity contribution in [2.45, 2.75) is 58.0 Å². The number of amides is 2. The highest BCUT2D eigenvalue weighted by Crippen LogP contribution is 2.28. The molecule has 7 heteroatoms. The van der Waals surface area contributed by atoms with E-state index in [2.05, 4.69) is 17.1 Å². The number of benzene rings is 2. The second-order valence-electron chi connectivity index (χ2n) is 10.6. The average molecular weight is 517 g/mol. The molecule has 1 unspecified atom stereocenters. The zero-order valence-electron chi connectivity index (χ0n) is 20.8. The van der Waals surface area contributed by atoms with Gasteiger partial charge in [0.25, 0.3) is 11.8 Å². The van der Waals surface area contributed by atoms with Crippen molar-refractivity contribution in [2.24, 2.45) is 5.92 Å². The third-order valence-corrected chi connectivity index (χ3v) is 7.80. The highest BCUT2D eigenvalue weighted by molar-refractivity contribution is 6.34. The molecule has 5 nitrogen and oxygen atoms in total. The number of nitrogens with one attached hydrogen (secondary N) is 1. The number of hydrogen-bond donors (Lipinski definition) is 1. The number of carbonyl (C=O) groups excluding carboxylic acids is 2. The topological polar surface area (TPSA) is 52.7 Å². The zero-order valence-corrected chi connectivity index (χ0v) is 22.3. The first kappa shape index (κ1) is 26.0. The molecule has 188 valence electrons. The summed E-state index contributed by atoms with van der Waals surface area (Å²) in [6.45, 7) is 10.1.